The summed E-state index contributed by atoms with van der Waals surface area (Å²) in [6, 6.07) is 0. The molecule has 0 aliphatic carbocycles. The van der Waals surface area contributed by atoms with E-state index in [0.717, 1.165) is 6.29 Å². The van der Waals surface area contributed by atoms with Gasteiger partial charge in [0.25, 0.3) is 0 Å². The van der Waals surface area contributed by atoms with Crippen LogP contribution in [0.4, 0.5) is 0 Å². The smallest absolute Gasteiger partial charge is 0.120 e. The Bertz CT molecular complexity index is 104. The van der Waals surface area contributed by atoms with Crippen molar-refractivity contribution in [3.8, 4) is 0 Å². The molecular formula is C7H12Br2O. The second-order valence-electron chi connectivity index (χ2n) is 2.50. The van der Waals surface area contributed by atoms with Crippen LogP contribution in [0.25, 0.3) is 0 Å². The highest BCUT2D eigenvalue weighted by Gasteiger charge is 2.17. The third-order valence-electron chi connectivity index (χ3n) is 1.45. The maximum Gasteiger partial charge on any atom is 0.120 e. The SMILES string of the molecule is CC(Br)C(Br)[C@H](C)CC=O. The van der Waals surface area contributed by atoms with E-state index in [-0.39, 0.29) is 0 Å². The maximum absolute atomic E-state index is 10.1. The quantitative estimate of drug-likeness (QED) is 0.568. The third-order valence-corrected chi connectivity index (χ3v) is 4.42. The molecule has 0 bridgehead atoms. The first-order chi connectivity index (χ1) is 4.59. The molecule has 10 heavy (non-hydrogen) atoms. The summed E-state index contributed by atoms with van der Waals surface area (Å²) in [5.41, 5.74) is 0. The molecule has 0 saturated heterocycles. The number of hydrogen-bond acceptors (Lipinski definition) is 1. The van der Waals surface area contributed by atoms with Crippen molar-refractivity contribution in [1.29, 1.82) is 0 Å². The van der Waals surface area contributed by atoms with Gasteiger partial charge in [0.1, 0.15) is 6.29 Å². The first-order valence-electron chi connectivity index (χ1n) is 3.31. The maximum atomic E-state index is 10.1. The van der Waals surface area contributed by atoms with E-state index in [1.54, 1.807) is 0 Å². The van der Waals surface area contributed by atoms with Gasteiger partial charge in [-0.25, -0.2) is 0 Å². The Kier molecular flexibility index (Phi) is 5.64. The van der Waals surface area contributed by atoms with Gasteiger partial charge in [0.05, 0.1) is 0 Å². The van der Waals surface area contributed by atoms with Gasteiger partial charge in [-0.1, -0.05) is 45.7 Å². The molecule has 0 aliphatic heterocycles. The average molecular weight is 272 g/mol. The normalized spacial score (nSPS) is 19.6. The Morgan fingerprint density at radius 1 is 1.40 bits per heavy atom. The summed E-state index contributed by atoms with van der Waals surface area (Å²) in [6.45, 7) is 4.13. The number of hydrogen-bond donors (Lipinski definition) is 0. The summed E-state index contributed by atoms with van der Waals surface area (Å²) in [4.78, 5) is 10.9. The third kappa shape index (κ3) is 3.71. The first-order valence-corrected chi connectivity index (χ1v) is 5.14. The van der Waals surface area contributed by atoms with Crippen LogP contribution in [0.3, 0.4) is 0 Å². The lowest BCUT2D eigenvalue weighted by molar-refractivity contribution is -0.108. The molecule has 0 heterocycles. The summed E-state index contributed by atoms with van der Waals surface area (Å²) in [7, 11) is 0. The Morgan fingerprint density at radius 2 is 1.90 bits per heavy atom. The van der Waals surface area contributed by atoms with Crippen molar-refractivity contribution in [3.63, 3.8) is 0 Å². The van der Waals surface area contributed by atoms with Crippen molar-refractivity contribution in [2.45, 2.75) is 29.9 Å². The van der Waals surface area contributed by atoms with Gasteiger partial charge in [-0.05, 0) is 5.92 Å². The van der Waals surface area contributed by atoms with Crippen LogP contribution in [0.2, 0.25) is 0 Å². The first kappa shape index (κ1) is 10.6. The Labute approximate surface area is 78.8 Å². The fourth-order valence-corrected chi connectivity index (χ4v) is 1.47. The second-order valence-corrected chi connectivity index (χ2v) is 5.00. The summed E-state index contributed by atoms with van der Waals surface area (Å²) in [5, 5.41) is 0. The van der Waals surface area contributed by atoms with Crippen LogP contribution in [0.5, 0.6) is 0 Å². The zero-order valence-electron chi connectivity index (χ0n) is 6.18. The van der Waals surface area contributed by atoms with Crippen LogP contribution >= 0.6 is 31.9 Å². The molecule has 0 rings (SSSR count). The lowest BCUT2D eigenvalue weighted by Crippen LogP contribution is -2.19. The van der Waals surface area contributed by atoms with Crippen LogP contribution in [0, 0.1) is 5.92 Å². The molecule has 0 radical (unpaired) electrons. The summed E-state index contributed by atoms with van der Waals surface area (Å²) < 4.78 is 0. The predicted octanol–water partition coefficient (Wildman–Crippen LogP) is 2.76. The van der Waals surface area contributed by atoms with Gasteiger partial charge in [0, 0.05) is 16.1 Å². The van der Waals surface area contributed by atoms with Crippen LogP contribution in [-0.2, 0) is 4.79 Å². The standard InChI is InChI=1S/C7H12Br2O/c1-5(3-4-10)7(9)6(2)8/h4-7H,3H2,1-2H3/t5-,6?,7?/m1/s1. The van der Waals surface area contributed by atoms with Gasteiger partial charge < -0.3 is 4.79 Å². The minimum absolute atomic E-state index is 0.387. The van der Waals surface area contributed by atoms with E-state index in [1.165, 1.54) is 0 Å². The fraction of sp³-hybridized carbons (Fsp3) is 0.857. The number of carbonyl (C=O) groups is 1. The summed E-state index contributed by atoms with van der Waals surface area (Å²) in [6.07, 6.45) is 1.60. The van der Waals surface area contributed by atoms with Crippen LogP contribution in [-0.4, -0.2) is 15.9 Å². The molecule has 1 nitrogen and oxygen atoms in total. The van der Waals surface area contributed by atoms with E-state index in [1.807, 2.05) is 0 Å². The van der Waals surface area contributed by atoms with Crippen molar-refractivity contribution < 1.29 is 4.79 Å². The highest BCUT2D eigenvalue weighted by Crippen LogP contribution is 2.23. The zero-order chi connectivity index (χ0) is 8.15. The van der Waals surface area contributed by atoms with Gasteiger partial charge in [-0.15, -0.1) is 0 Å². The van der Waals surface area contributed by atoms with E-state index in [9.17, 15) is 4.79 Å². The largest absolute Gasteiger partial charge is 0.303 e. The number of carbonyl (C=O) groups excluding carboxylic acids is 1. The highest BCUT2D eigenvalue weighted by atomic mass is 79.9. The Morgan fingerprint density at radius 3 is 2.20 bits per heavy atom. The van der Waals surface area contributed by atoms with Gasteiger partial charge >= 0.3 is 0 Å². The molecule has 0 aromatic heterocycles. The molecule has 2 unspecified atom stereocenters. The van der Waals surface area contributed by atoms with Crippen molar-refractivity contribution in [2.75, 3.05) is 0 Å². The lowest BCUT2D eigenvalue weighted by Gasteiger charge is -2.17. The monoisotopic (exact) mass is 270 g/mol. The predicted molar refractivity (Wildman–Crippen MR) is 50.9 cm³/mol. The van der Waals surface area contributed by atoms with Crippen molar-refractivity contribution >= 4 is 38.1 Å². The van der Waals surface area contributed by atoms with Crippen LogP contribution in [0.1, 0.15) is 20.3 Å². The summed E-state index contributed by atoms with van der Waals surface area (Å²) >= 11 is 6.95. The number of aldehydes is 1. The van der Waals surface area contributed by atoms with Crippen LogP contribution in [0.15, 0.2) is 0 Å². The molecule has 3 atom stereocenters. The Hall–Kier alpha value is 0.630. The molecule has 0 aliphatic rings. The molecule has 0 aromatic carbocycles. The number of rotatable bonds is 4. The minimum atomic E-state index is 0.387. The van der Waals surface area contributed by atoms with E-state index < -0.39 is 0 Å². The molecule has 60 valence electrons. The van der Waals surface area contributed by atoms with E-state index >= 15 is 0 Å². The fourth-order valence-electron chi connectivity index (χ4n) is 0.734. The van der Waals surface area contributed by atoms with Crippen molar-refractivity contribution in [1.82, 2.24) is 0 Å². The zero-order valence-corrected chi connectivity index (χ0v) is 9.35. The molecule has 0 spiro atoms. The number of halogens is 2. The van der Waals surface area contributed by atoms with E-state index in [2.05, 4.69) is 45.7 Å². The van der Waals surface area contributed by atoms with Crippen molar-refractivity contribution in [3.05, 3.63) is 0 Å². The van der Waals surface area contributed by atoms with Crippen molar-refractivity contribution in [2.24, 2.45) is 5.92 Å². The topological polar surface area (TPSA) is 17.1 Å². The molecule has 0 fully saturated rings. The lowest BCUT2D eigenvalue weighted by atomic mass is 10.0. The molecule has 0 amide bonds. The molecule has 0 aromatic rings. The highest BCUT2D eigenvalue weighted by molar-refractivity contribution is 9.12. The number of alkyl halides is 2. The van der Waals surface area contributed by atoms with E-state index in [4.69, 9.17) is 0 Å². The Balaban J connectivity index is 3.68. The second kappa shape index (κ2) is 5.30. The summed E-state index contributed by atoms with van der Waals surface area (Å²) in [5.74, 6) is 0.409. The molecular weight excluding hydrogens is 260 g/mol. The van der Waals surface area contributed by atoms with Gasteiger partial charge in [0.2, 0.25) is 0 Å². The molecule has 0 N–H and O–H groups in total. The van der Waals surface area contributed by atoms with E-state index in [0.29, 0.717) is 22.0 Å². The molecule has 3 heteroatoms. The average Bonchev–Trinajstić information content (AvgIpc) is 1.87. The molecule has 0 saturated carbocycles. The van der Waals surface area contributed by atoms with Crippen LogP contribution < -0.4 is 0 Å². The van der Waals surface area contributed by atoms with Gasteiger partial charge in [0.15, 0.2) is 0 Å². The minimum Gasteiger partial charge on any atom is -0.303 e. The van der Waals surface area contributed by atoms with Gasteiger partial charge in [-0.2, -0.15) is 0 Å². The van der Waals surface area contributed by atoms with Gasteiger partial charge in [-0.3, -0.25) is 0 Å².